The van der Waals surface area contributed by atoms with Gasteiger partial charge in [-0.2, -0.15) is 0 Å². The first kappa shape index (κ1) is 10.2. The number of hydrogen-bond acceptors (Lipinski definition) is 2. The van der Waals surface area contributed by atoms with Crippen molar-refractivity contribution in [3.63, 3.8) is 0 Å². The van der Waals surface area contributed by atoms with E-state index in [9.17, 15) is 4.79 Å². The Morgan fingerprint density at radius 3 is 2.73 bits per heavy atom. The third-order valence-electron chi connectivity index (χ3n) is 2.67. The number of carbonyl (C=O) groups excluding carboxylic acids is 1. The number of nitrogens with one attached hydrogen (secondary N) is 2. The fourth-order valence-corrected chi connectivity index (χ4v) is 1.83. The molecule has 80 valence electrons. The van der Waals surface area contributed by atoms with Crippen molar-refractivity contribution in [2.24, 2.45) is 0 Å². The average molecular weight is 204 g/mol. The molecular formula is C12H16N2O. The number of para-hydroxylation sites is 1. The number of rotatable bonds is 2. The Hall–Kier alpha value is -1.35. The Morgan fingerprint density at radius 2 is 2.07 bits per heavy atom. The minimum absolute atomic E-state index is 0.0149. The average Bonchev–Trinajstić information content (AvgIpc) is 2.31. The second kappa shape index (κ2) is 4.94. The van der Waals surface area contributed by atoms with Gasteiger partial charge in [0.05, 0.1) is 6.04 Å². The summed E-state index contributed by atoms with van der Waals surface area (Å²) in [5.41, 5.74) is 0.870. The predicted octanol–water partition coefficient (Wildman–Crippen LogP) is 1.77. The first-order valence-electron chi connectivity index (χ1n) is 5.45. The van der Waals surface area contributed by atoms with Gasteiger partial charge in [0.15, 0.2) is 0 Å². The molecule has 1 aliphatic heterocycles. The minimum Gasteiger partial charge on any atom is -0.325 e. The normalized spacial score (nSPS) is 20.9. The molecular weight excluding hydrogens is 188 g/mol. The van der Waals surface area contributed by atoms with E-state index in [1.165, 1.54) is 6.42 Å². The van der Waals surface area contributed by atoms with Crippen molar-refractivity contribution in [1.29, 1.82) is 0 Å². The Kier molecular flexibility index (Phi) is 3.35. The molecule has 15 heavy (non-hydrogen) atoms. The summed E-state index contributed by atoms with van der Waals surface area (Å²) in [5.74, 6) is 0.0842. The van der Waals surface area contributed by atoms with E-state index < -0.39 is 0 Å². The van der Waals surface area contributed by atoms with E-state index in [-0.39, 0.29) is 11.9 Å². The SMILES string of the molecule is O=C(Nc1ccccc1)[C@H]1CCCCN1. The van der Waals surface area contributed by atoms with E-state index in [2.05, 4.69) is 10.6 Å². The van der Waals surface area contributed by atoms with Crippen LogP contribution in [0.15, 0.2) is 30.3 Å². The van der Waals surface area contributed by atoms with Crippen molar-refractivity contribution in [3.05, 3.63) is 30.3 Å². The van der Waals surface area contributed by atoms with Crippen molar-refractivity contribution >= 4 is 11.6 Å². The molecule has 0 spiro atoms. The zero-order valence-corrected chi connectivity index (χ0v) is 8.70. The van der Waals surface area contributed by atoms with Crippen LogP contribution in [-0.2, 0) is 4.79 Å². The first-order valence-corrected chi connectivity index (χ1v) is 5.45. The third-order valence-corrected chi connectivity index (χ3v) is 2.67. The van der Waals surface area contributed by atoms with Gasteiger partial charge in [-0.3, -0.25) is 4.79 Å². The molecule has 1 aliphatic rings. The van der Waals surface area contributed by atoms with Gasteiger partial charge in [-0.05, 0) is 31.5 Å². The van der Waals surface area contributed by atoms with Gasteiger partial charge in [0.2, 0.25) is 5.91 Å². The number of piperidine rings is 1. The third kappa shape index (κ3) is 2.80. The summed E-state index contributed by atoms with van der Waals surface area (Å²) in [4.78, 5) is 11.8. The molecule has 0 saturated carbocycles. The van der Waals surface area contributed by atoms with Crippen molar-refractivity contribution in [1.82, 2.24) is 5.32 Å². The number of amides is 1. The molecule has 0 bridgehead atoms. The molecule has 0 aliphatic carbocycles. The van der Waals surface area contributed by atoms with Crippen LogP contribution in [0.3, 0.4) is 0 Å². The zero-order valence-electron chi connectivity index (χ0n) is 8.70. The lowest BCUT2D eigenvalue weighted by Gasteiger charge is -2.22. The van der Waals surface area contributed by atoms with Crippen LogP contribution in [0, 0.1) is 0 Å². The Labute approximate surface area is 89.9 Å². The molecule has 1 aromatic carbocycles. The summed E-state index contributed by atoms with van der Waals surface area (Å²) in [6, 6.07) is 9.57. The monoisotopic (exact) mass is 204 g/mol. The minimum atomic E-state index is -0.0149. The highest BCUT2D eigenvalue weighted by Crippen LogP contribution is 2.10. The fourth-order valence-electron chi connectivity index (χ4n) is 1.83. The maximum atomic E-state index is 11.8. The summed E-state index contributed by atoms with van der Waals surface area (Å²) in [7, 11) is 0. The van der Waals surface area contributed by atoms with E-state index in [0.717, 1.165) is 25.1 Å². The van der Waals surface area contributed by atoms with Crippen LogP contribution in [0.25, 0.3) is 0 Å². The zero-order chi connectivity index (χ0) is 10.5. The molecule has 0 radical (unpaired) electrons. The van der Waals surface area contributed by atoms with E-state index in [4.69, 9.17) is 0 Å². The van der Waals surface area contributed by atoms with Gasteiger partial charge in [0, 0.05) is 5.69 Å². The summed E-state index contributed by atoms with van der Waals surface area (Å²) < 4.78 is 0. The number of hydrogen-bond donors (Lipinski definition) is 2. The molecule has 0 aromatic heterocycles. The van der Waals surface area contributed by atoms with Crippen molar-refractivity contribution < 1.29 is 4.79 Å². The smallest absolute Gasteiger partial charge is 0.241 e. The van der Waals surface area contributed by atoms with Crippen LogP contribution in [-0.4, -0.2) is 18.5 Å². The summed E-state index contributed by atoms with van der Waals surface area (Å²) in [6.45, 7) is 0.951. The quantitative estimate of drug-likeness (QED) is 0.770. The number of benzene rings is 1. The van der Waals surface area contributed by atoms with E-state index in [1.54, 1.807) is 0 Å². The molecule has 2 N–H and O–H groups in total. The lowest BCUT2D eigenvalue weighted by molar-refractivity contribution is -0.118. The van der Waals surface area contributed by atoms with Crippen molar-refractivity contribution in [2.45, 2.75) is 25.3 Å². The van der Waals surface area contributed by atoms with Gasteiger partial charge in [0.25, 0.3) is 0 Å². The Balaban J connectivity index is 1.91. The topological polar surface area (TPSA) is 41.1 Å². The first-order chi connectivity index (χ1) is 7.36. The second-order valence-corrected chi connectivity index (χ2v) is 3.86. The van der Waals surface area contributed by atoms with E-state index in [1.807, 2.05) is 30.3 Å². The second-order valence-electron chi connectivity index (χ2n) is 3.86. The lowest BCUT2D eigenvalue weighted by Crippen LogP contribution is -2.43. The standard InChI is InChI=1S/C12H16N2O/c15-12(11-8-4-5-9-13-11)14-10-6-2-1-3-7-10/h1-3,6-7,11,13H,4-5,8-9H2,(H,14,15)/t11-/m1/s1. The molecule has 0 unspecified atom stereocenters. The van der Waals surface area contributed by atoms with Crippen molar-refractivity contribution in [3.8, 4) is 0 Å². The number of anilines is 1. The number of carbonyl (C=O) groups is 1. The maximum Gasteiger partial charge on any atom is 0.241 e. The molecule has 1 amide bonds. The van der Waals surface area contributed by atoms with Gasteiger partial charge in [-0.15, -0.1) is 0 Å². The van der Waals surface area contributed by atoms with Crippen LogP contribution >= 0.6 is 0 Å². The van der Waals surface area contributed by atoms with Gasteiger partial charge in [-0.1, -0.05) is 24.6 Å². The molecule has 1 heterocycles. The molecule has 3 nitrogen and oxygen atoms in total. The largest absolute Gasteiger partial charge is 0.325 e. The van der Waals surface area contributed by atoms with E-state index >= 15 is 0 Å². The molecule has 1 atom stereocenters. The predicted molar refractivity (Wildman–Crippen MR) is 60.7 cm³/mol. The summed E-state index contributed by atoms with van der Waals surface area (Å²) in [5, 5.41) is 6.14. The highest BCUT2D eigenvalue weighted by Gasteiger charge is 2.19. The van der Waals surface area contributed by atoms with Crippen LogP contribution in [0.4, 0.5) is 5.69 Å². The maximum absolute atomic E-state index is 11.8. The molecule has 2 rings (SSSR count). The van der Waals surface area contributed by atoms with Gasteiger partial charge in [0.1, 0.15) is 0 Å². The van der Waals surface area contributed by atoms with E-state index in [0.29, 0.717) is 0 Å². The van der Waals surface area contributed by atoms with Gasteiger partial charge >= 0.3 is 0 Å². The van der Waals surface area contributed by atoms with Crippen LogP contribution in [0.1, 0.15) is 19.3 Å². The highest BCUT2D eigenvalue weighted by molar-refractivity contribution is 5.94. The molecule has 3 heteroatoms. The lowest BCUT2D eigenvalue weighted by atomic mass is 10.0. The highest BCUT2D eigenvalue weighted by atomic mass is 16.2. The van der Waals surface area contributed by atoms with Gasteiger partial charge < -0.3 is 10.6 Å². The fraction of sp³-hybridized carbons (Fsp3) is 0.417. The van der Waals surface area contributed by atoms with Gasteiger partial charge in [-0.25, -0.2) is 0 Å². The van der Waals surface area contributed by atoms with Crippen LogP contribution in [0.5, 0.6) is 0 Å². The van der Waals surface area contributed by atoms with Crippen LogP contribution in [0.2, 0.25) is 0 Å². The molecule has 1 aromatic rings. The summed E-state index contributed by atoms with van der Waals surface area (Å²) >= 11 is 0. The molecule has 1 fully saturated rings. The van der Waals surface area contributed by atoms with Crippen LogP contribution < -0.4 is 10.6 Å². The Bertz CT molecular complexity index is 318. The molecule has 1 saturated heterocycles. The van der Waals surface area contributed by atoms with Crippen molar-refractivity contribution in [2.75, 3.05) is 11.9 Å². The summed E-state index contributed by atoms with van der Waals surface area (Å²) in [6.07, 6.45) is 3.26. The Morgan fingerprint density at radius 1 is 1.27 bits per heavy atom.